The Balaban J connectivity index is 1.38. The molecule has 0 saturated carbocycles. The zero-order valence-corrected chi connectivity index (χ0v) is 16.3. The molecule has 2 aromatic carbocycles. The number of nitrogens with one attached hydrogen (secondary N) is 1. The van der Waals surface area contributed by atoms with Crippen LogP contribution in [0.2, 0.25) is 0 Å². The van der Waals surface area contributed by atoms with E-state index < -0.39 is 4.92 Å². The topological polar surface area (TPSA) is 124 Å². The molecule has 3 aromatic heterocycles. The van der Waals surface area contributed by atoms with E-state index in [1.54, 1.807) is 30.3 Å². The third kappa shape index (κ3) is 3.25. The van der Waals surface area contributed by atoms with Gasteiger partial charge in [-0.05, 0) is 24.3 Å². The van der Waals surface area contributed by atoms with E-state index in [0.29, 0.717) is 28.2 Å². The first kappa shape index (κ1) is 18.4. The molecule has 1 N–H and O–H groups in total. The summed E-state index contributed by atoms with van der Waals surface area (Å²) in [5.41, 5.74) is 5.52. The summed E-state index contributed by atoms with van der Waals surface area (Å²) >= 11 is 0. The number of nitro benzene ring substituents is 1. The highest BCUT2D eigenvalue weighted by Gasteiger charge is 2.17. The van der Waals surface area contributed by atoms with Gasteiger partial charge in [-0.15, -0.1) is 10.2 Å². The standard InChI is InChI=1S/C21H15N7O3/c1-27-16-8-4-3-7-15(16)19-20(27)23-21(26-24-19)25-22-12-13-10-11-18(31-13)14-6-2-5-9-17(14)28(29)30/h2-12H,1H3,(H,23,25,26)/b22-12+. The molecule has 0 aliphatic rings. The maximum Gasteiger partial charge on any atom is 0.280 e. The molecule has 10 heteroatoms. The van der Waals surface area contributed by atoms with Crippen molar-refractivity contribution in [2.45, 2.75) is 0 Å². The lowest BCUT2D eigenvalue weighted by Gasteiger charge is -1.99. The molecule has 0 spiro atoms. The van der Waals surface area contributed by atoms with Crippen molar-refractivity contribution < 1.29 is 9.34 Å². The second kappa shape index (κ2) is 7.34. The number of hydrazone groups is 1. The normalized spacial score (nSPS) is 11.5. The van der Waals surface area contributed by atoms with Gasteiger partial charge in [-0.2, -0.15) is 10.1 Å². The third-order valence-corrected chi connectivity index (χ3v) is 4.86. The van der Waals surface area contributed by atoms with Crippen LogP contribution < -0.4 is 5.43 Å². The Morgan fingerprint density at radius 2 is 1.90 bits per heavy atom. The van der Waals surface area contributed by atoms with Crippen molar-refractivity contribution in [3.8, 4) is 11.3 Å². The van der Waals surface area contributed by atoms with Crippen LogP contribution >= 0.6 is 0 Å². The van der Waals surface area contributed by atoms with E-state index in [9.17, 15) is 10.1 Å². The number of hydrogen-bond donors (Lipinski definition) is 1. The minimum atomic E-state index is -0.444. The van der Waals surface area contributed by atoms with E-state index in [1.165, 1.54) is 12.3 Å². The number of hydrogen-bond acceptors (Lipinski definition) is 8. The molecule has 0 radical (unpaired) electrons. The number of aryl methyl sites for hydroxylation is 1. The van der Waals surface area contributed by atoms with Crippen molar-refractivity contribution in [3.05, 3.63) is 76.5 Å². The first-order chi connectivity index (χ1) is 15.1. The summed E-state index contributed by atoms with van der Waals surface area (Å²) < 4.78 is 7.62. The predicted octanol–water partition coefficient (Wildman–Crippen LogP) is 4.13. The van der Waals surface area contributed by atoms with E-state index in [1.807, 2.05) is 35.9 Å². The molecule has 0 fully saturated rings. The maximum absolute atomic E-state index is 11.2. The molecule has 0 atom stereocenters. The quantitative estimate of drug-likeness (QED) is 0.261. The summed E-state index contributed by atoms with van der Waals surface area (Å²) in [6, 6.07) is 17.6. The number of nitro groups is 1. The molecular formula is C21H15N7O3. The van der Waals surface area contributed by atoms with Crippen LogP contribution in [0.5, 0.6) is 0 Å². The third-order valence-electron chi connectivity index (χ3n) is 4.86. The fraction of sp³-hybridized carbons (Fsp3) is 0.0476. The van der Waals surface area contributed by atoms with Crippen molar-refractivity contribution in [2.24, 2.45) is 12.1 Å². The Morgan fingerprint density at radius 3 is 2.77 bits per heavy atom. The smallest absolute Gasteiger partial charge is 0.280 e. The Labute approximate surface area is 175 Å². The summed E-state index contributed by atoms with van der Waals surface area (Å²) in [5, 5.41) is 24.6. The fourth-order valence-electron chi connectivity index (χ4n) is 3.42. The maximum atomic E-state index is 11.2. The average Bonchev–Trinajstić information content (AvgIpc) is 3.37. The van der Waals surface area contributed by atoms with Crippen LogP contribution in [0.3, 0.4) is 0 Å². The van der Waals surface area contributed by atoms with Crippen LogP contribution in [-0.2, 0) is 7.05 Å². The highest BCUT2D eigenvalue weighted by atomic mass is 16.6. The lowest BCUT2D eigenvalue weighted by Crippen LogP contribution is -2.00. The monoisotopic (exact) mass is 413 g/mol. The first-order valence-electron chi connectivity index (χ1n) is 9.32. The van der Waals surface area contributed by atoms with Crippen molar-refractivity contribution in [2.75, 3.05) is 5.43 Å². The predicted molar refractivity (Wildman–Crippen MR) is 116 cm³/mol. The summed E-state index contributed by atoms with van der Waals surface area (Å²) in [4.78, 5) is 15.3. The van der Waals surface area contributed by atoms with Crippen LogP contribution in [0.4, 0.5) is 11.6 Å². The minimum Gasteiger partial charge on any atom is -0.455 e. The van der Waals surface area contributed by atoms with Gasteiger partial charge in [0.25, 0.3) is 11.6 Å². The van der Waals surface area contributed by atoms with Crippen LogP contribution in [-0.4, -0.2) is 30.9 Å². The number of nitrogens with zero attached hydrogens (tertiary/aromatic N) is 6. The fourth-order valence-corrected chi connectivity index (χ4v) is 3.42. The summed E-state index contributed by atoms with van der Waals surface area (Å²) in [7, 11) is 1.92. The molecule has 31 heavy (non-hydrogen) atoms. The number of para-hydroxylation sites is 2. The van der Waals surface area contributed by atoms with E-state index in [4.69, 9.17) is 4.42 Å². The second-order valence-electron chi connectivity index (χ2n) is 6.73. The number of furan rings is 1. The molecule has 10 nitrogen and oxygen atoms in total. The molecule has 152 valence electrons. The molecular weight excluding hydrogens is 398 g/mol. The lowest BCUT2D eigenvalue weighted by molar-refractivity contribution is -0.384. The number of fused-ring (bicyclic) bond motifs is 3. The highest BCUT2D eigenvalue weighted by molar-refractivity contribution is 6.04. The zero-order chi connectivity index (χ0) is 21.4. The van der Waals surface area contributed by atoms with Gasteiger partial charge in [0.1, 0.15) is 17.0 Å². The van der Waals surface area contributed by atoms with E-state index in [-0.39, 0.29) is 11.6 Å². The van der Waals surface area contributed by atoms with Crippen molar-refractivity contribution >= 4 is 39.9 Å². The van der Waals surface area contributed by atoms with E-state index in [0.717, 1.165) is 10.9 Å². The number of rotatable bonds is 5. The Bertz CT molecular complexity index is 1470. The average molecular weight is 413 g/mol. The first-order valence-corrected chi connectivity index (χ1v) is 9.32. The van der Waals surface area contributed by atoms with Crippen LogP contribution in [0.25, 0.3) is 33.4 Å². The molecule has 5 aromatic rings. The summed E-state index contributed by atoms with van der Waals surface area (Å²) in [5.74, 6) is 1.03. The van der Waals surface area contributed by atoms with Crippen molar-refractivity contribution in [3.63, 3.8) is 0 Å². The van der Waals surface area contributed by atoms with Gasteiger partial charge >= 0.3 is 0 Å². The van der Waals surface area contributed by atoms with Crippen LogP contribution in [0.15, 0.2) is 70.2 Å². The number of aromatic nitrogens is 4. The van der Waals surface area contributed by atoms with Crippen LogP contribution in [0.1, 0.15) is 5.76 Å². The molecule has 3 heterocycles. The van der Waals surface area contributed by atoms with Gasteiger partial charge in [0, 0.05) is 18.5 Å². The zero-order valence-electron chi connectivity index (χ0n) is 16.3. The lowest BCUT2D eigenvalue weighted by atomic mass is 10.1. The molecule has 0 amide bonds. The van der Waals surface area contributed by atoms with Gasteiger partial charge in [-0.25, -0.2) is 5.43 Å². The minimum absolute atomic E-state index is 0.0267. The van der Waals surface area contributed by atoms with Gasteiger partial charge < -0.3 is 8.98 Å². The van der Waals surface area contributed by atoms with Crippen molar-refractivity contribution in [1.82, 2.24) is 19.7 Å². The largest absolute Gasteiger partial charge is 0.455 e. The number of anilines is 1. The molecule has 0 bridgehead atoms. The van der Waals surface area contributed by atoms with Crippen LogP contribution in [0, 0.1) is 10.1 Å². The van der Waals surface area contributed by atoms with Gasteiger partial charge in [0.15, 0.2) is 5.65 Å². The molecule has 0 aliphatic heterocycles. The number of benzene rings is 2. The second-order valence-corrected chi connectivity index (χ2v) is 6.73. The molecule has 0 unspecified atom stereocenters. The SMILES string of the molecule is Cn1c2ccccc2c2nnc(N/N=C/c3ccc(-c4ccccc4[N+](=O)[O-])o3)nc21. The van der Waals surface area contributed by atoms with Gasteiger partial charge in [0.2, 0.25) is 0 Å². The Morgan fingerprint density at radius 1 is 1.10 bits per heavy atom. The van der Waals surface area contributed by atoms with E-state index in [2.05, 4.69) is 25.7 Å². The Hall–Kier alpha value is -4.60. The molecule has 0 aliphatic carbocycles. The Kier molecular flexibility index (Phi) is 4.36. The van der Waals surface area contributed by atoms with Gasteiger partial charge in [0.05, 0.1) is 22.2 Å². The van der Waals surface area contributed by atoms with Gasteiger partial charge in [-0.1, -0.05) is 30.3 Å². The summed E-state index contributed by atoms with van der Waals surface area (Å²) in [6.45, 7) is 0. The van der Waals surface area contributed by atoms with Gasteiger partial charge in [-0.3, -0.25) is 10.1 Å². The molecule has 0 saturated heterocycles. The molecule has 5 rings (SSSR count). The van der Waals surface area contributed by atoms with Crippen molar-refractivity contribution in [1.29, 1.82) is 0 Å². The summed E-state index contributed by atoms with van der Waals surface area (Å²) in [6.07, 6.45) is 1.44. The van der Waals surface area contributed by atoms with E-state index >= 15 is 0 Å². The highest BCUT2D eigenvalue weighted by Crippen LogP contribution is 2.30.